The second kappa shape index (κ2) is 10.3. The maximum Gasteiger partial charge on any atom is 0.407 e. The normalized spacial score (nSPS) is 18.8. The molecule has 28 heavy (non-hydrogen) atoms. The van der Waals surface area contributed by atoms with E-state index in [-0.39, 0.29) is 32.7 Å². The van der Waals surface area contributed by atoms with Crippen LogP contribution in [0.4, 0.5) is 9.59 Å². The summed E-state index contributed by atoms with van der Waals surface area (Å²) in [7, 11) is 0. The highest BCUT2D eigenvalue weighted by Gasteiger charge is 2.35. The van der Waals surface area contributed by atoms with E-state index in [1.165, 1.54) is 0 Å². The fraction of sp³-hybridized carbons (Fsp3) is 0.474. The third kappa shape index (κ3) is 6.57. The number of nitrogens with one attached hydrogen (secondary N) is 1. The van der Waals surface area contributed by atoms with E-state index < -0.39 is 42.3 Å². The fourth-order valence-corrected chi connectivity index (χ4v) is 3.02. The third-order valence-electron chi connectivity index (χ3n) is 4.34. The van der Waals surface area contributed by atoms with E-state index >= 15 is 0 Å². The van der Waals surface area contributed by atoms with Gasteiger partial charge in [0.25, 0.3) is 0 Å². The summed E-state index contributed by atoms with van der Waals surface area (Å²) in [4.78, 5) is 48.3. The van der Waals surface area contributed by atoms with Gasteiger partial charge in [-0.25, -0.2) is 9.59 Å². The van der Waals surface area contributed by atoms with Crippen LogP contribution in [0.25, 0.3) is 0 Å². The molecule has 1 aromatic carbocycles. The summed E-state index contributed by atoms with van der Waals surface area (Å²) in [5, 5.41) is 11.9. The van der Waals surface area contributed by atoms with E-state index in [1.54, 1.807) is 6.92 Å². The molecule has 0 aromatic heterocycles. The molecule has 2 atom stereocenters. The Morgan fingerprint density at radius 1 is 1.14 bits per heavy atom. The van der Waals surface area contributed by atoms with Gasteiger partial charge in [-0.3, -0.25) is 9.59 Å². The molecular weight excluding hydrogens is 368 g/mol. The Labute approximate surface area is 162 Å². The Morgan fingerprint density at radius 2 is 1.86 bits per heavy atom. The number of Topliss-reactive ketones (excluding diaryl/α,β-unsaturated/α-hetero) is 1. The van der Waals surface area contributed by atoms with Crippen molar-refractivity contribution in [2.24, 2.45) is 5.92 Å². The van der Waals surface area contributed by atoms with Crippen molar-refractivity contribution >= 4 is 23.9 Å². The lowest BCUT2D eigenvalue weighted by Gasteiger charge is -2.35. The van der Waals surface area contributed by atoms with Crippen LogP contribution in [0.15, 0.2) is 30.3 Å². The molecule has 1 aromatic rings. The number of carbonyl (C=O) groups excluding carboxylic acids is 3. The molecule has 1 aliphatic rings. The monoisotopic (exact) mass is 392 g/mol. The first-order valence-corrected chi connectivity index (χ1v) is 9.02. The number of likely N-dealkylation sites (tertiary alicyclic amines) is 1. The van der Waals surface area contributed by atoms with Gasteiger partial charge >= 0.3 is 18.2 Å². The first kappa shape index (κ1) is 21.2. The summed E-state index contributed by atoms with van der Waals surface area (Å²) in [6.07, 6.45) is -2.09. The summed E-state index contributed by atoms with van der Waals surface area (Å²) >= 11 is 0. The van der Waals surface area contributed by atoms with Crippen molar-refractivity contribution in [1.29, 1.82) is 0 Å². The number of hydrogen-bond acceptors (Lipinski definition) is 6. The molecule has 0 spiro atoms. The van der Waals surface area contributed by atoms with Crippen LogP contribution in [0.2, 0.25) is 0 Å². The summed E-state index contributed by atoms with van der Waals surface area (Å²) in [5.74, 6) is -1.76. The van der Waals surface area contributed by atoms with E-state index in [0.717, 1.165) is 10.5 Å². The van der Waals surface area contributed by atoms with E-state index in [0.29, 0.717) is 0 Å². The molecule has 152 valence electrons. The molecule has 2 rings (SSSR count). The maximum atomic E-state index is 12.3. The predicted molar refractivity (Wildman–Crippen MR) is 97.5 cm³/mol. The van der Waals surface area contributed by atoms with Crippen LogP contribution >= 0.6 is 0 Å². The largest absolute Gasteiger partial charge is 0.466 e. The SMILES string of the molecule is CCOC(=O)CC(=O)[C@@H]1C[C@H](NC(=O)OCc2ccccc2)CN(C(=O)O)C1. The van der Waals surface area contributed by atoms with E-state index in [2.05, 4.69) is 5.32 Å². The first-order valence-electron chi connectivity index (χ1n) is 9.02. The first-order chi connectivity index (χ1) is 13.4. The topological polar surface area (TPSA) is 122 Å². The average Bonchev–Trinajstić information content (AvgIpc) is 2.67. The summed E-state index contributed by atoms with van der Waals surface area (Å²) in [6, 6.07) is 8.52. The number of benzene rings is 1. The Hall–Kier alpha value is -3.10. The van der Waals surface area contributed by atoms with E-state index in [4.69, 9.17) is 9.47 Å². The van der Waals surface area contributed by atoms with Gasteiger partial charge < -0.3 is 24.8 Å². The Kier molecular flexibility index (Phi) is 7.79. The van der Waals surface area contributed by atoms with Crippen LogP contribution in [0.5, 0.6) is 0 Å². The smallest absolute Gasteiger partial charge is 0.407 e. The van der Waals surface area contributed by atoms with Crippen molar-refractivity contribution in [2.75, 3.05) is 19.7 Å². The third-order valence-corrected chi connectivity index (χ3v) is 4.34. The van der Waals surface area contributed by atoms with Gasteiger partial charge in [-0.15, -0.1) is 0 Å². The number of amides is 2. The molecule has 1 heterocycles. The molecule has 1 aliphatic heterocycles. The highest BCUT2D eigenvalue weighted by molar-refractivity contribution is 5.97. The van der Waals surface area contributed by atoms with Crippen molar-refractivity contribution in [1.82, 2.24) is 10.2 Å². The molecule has 1 saturated heterocycles. The minimum atomic E-state index is -1.20. The highest BCUT2D eigenvalue weighted by atomic mass is 16.5. The second-order valence-electron chi connectivity index (χ2n) is 6.47. The molecule has 9 nitrogen and oxygen atoms in total. The lowest BCUT2D eigenvalue weighted by atomic mass is 9.89. The van der Waals surface area contributed by atoms with Gasteiger partial charge in [0.05, 0.1) is 12.6 Å². The van der Waals surface area contributed by atoms with Crippen LogP contribution in [0.1, 0.15) is 25.3 Å². The maximum absolute atomic E-state index is 12.3. The lowest BCUT2D eigenvalue weighted by Crippen LogP contribution is -2.53. The standard InChI is InChI=1S/C19H24N2O7/c1-2-27-17(23)9-16(22)14-8-15(11-21(10-14)19(25)26)20-18(24)28-12-13-6-4-3-5-7-13/h3-7,14-15H,2,8-12H2,1H3,(H,20,24)(H,25,26)/t14-,15+/m1/s1. The van der Waals surface area contributed by atoms with Crippen molar-refractivity contribution in [3.8, 4) is 0 Å². The van der Waals surface area contributed by atoms with Crippen LogP contribution in [-0.4, -0.2) is 59.7 Å². The molecule has 0 unspecified atom stereocenters. The number of ether oxygens (including phenoxy) is 2. The number of nitrogens with zero attached hydrogens (tertiary/aromatic N) is 1. The minimum Gasteiger partial charge on any atom is -0.466 e. The zero-order chi connectivity index (χ0) is 20.5. The molecule has 0 radical (unpaired) electrons. The number of esters is 1. The van der Waals surface area contributed by atoms with Crippen LogP contribution in [0.3, 0.4) is 0 Å². The minimum absolute atomic E-state index is 0.0230. The Balaban J connectivity index is 1.92. The molecule has 0 aliphatic carbocycles. The zero-order valence-electron chi connectivity index (χ0n) is 15.6. The molecule has 9 heteroatoms. The van der Waals surface area contributed by atoms with E-state index in [9.17, 15) is 24.3 Å². The van der Waals surface area contributed by atoms with Gasteiger partial charge in [0.15, 0.2) is 0 Å². The number of carbonyl (C=O) groups is 4. The van der Waals surface area contributed by atoms with Crippen molar-refractivity contribution in [2.45, 2.75) is 32.4 Å². The molecule has 2 N–H and O–H groups in total. The van der Waals surface area contributed by atoms with Crippen molar-refractivity contribution < 1.29 is 33.8 Å². The van der Waals surface area contributed by atoms with Gasteiger partial charge in [-0.05, 0) is 18.9 Å². The zero-order valence-corrected chi connectivity index (χ0v) is 15.6. The molecule has 1 fully saturated rings. The van der Waals surface area contributed by atoms with Crippen molar-refractivity contribution in [3.05, 3.63) is 35.9 Å². The van der Waals surface area contributed by atoms with Gasteiger partial charge in [-0.1, -0.05) is 30.3 Å². The van der Waals surface area contributed by atoms with Crippen LogP contribution in [0, 0.1) is 5.92 Å². The number of piperidine rings is 1. The summed E-state index contributed by atoms with van der Waals surface area (Å²) in [5.41, 5.74) is 0.816. The quantitative estimate of drug-likeness (QED) is 0.536. The molecular formula is C19H24N2O7. The number of carboxylic acid groups (broad SMARTS) is 1. The average molecular weight is 392 g/mol. The number of alkyl carbamates (subject to hydrolysis) is 1. The highest BCUT2D eigenvalue weighted by Crippen LogP contribution is 2.20. The summed E-state index contributed by atoms with van der Waals surface area (Å²) < 4.78 is 9.91. The fourth-order valence-electron chi connectivity index (χ4n) is 3.02. The number of hydrogen-bond donors (Lipinski definition) is 2. The van der Waals surface area contributed by atoms with E-state index in [1.807, 2.05) is 30.3 Å². The molecule has 2 amide bonds. The summed E-state index contributed by atoms with van der Waals surface area (Å²) in [6.45, 7) is 1.89. The molecule has 0 bridgehead atoms. The lowest BCUT2D eigenvalue weighted by molar-refractivity contribution is -0.146. The second-order valence-corrected chi connectivity index (χ2v) is 6.47. The van der Waals surface area contributed by atoms with Gasteiger partial charge in [-0.2, -0.15) is 0 Å². The van der Waals surface area contributed by atoms with Crippen molar-refractivity contribution in [3.63, 3.8) is 0 Å². The Bertz CT molecular complexity index is 707. The van der Waals surface area contributed by atoms with Gasteiger partial charge in [0, 0.05) is 19.0 Å². The number of ketones is 1. The Morgan fingerprint density at radius 3 is 2.50 bits per heavy atom. The van der Waals surface area contributed by atoms with Gasteiger partial charge in [0.2, 0.25) is 0 Å². The van der Waals surface area contributed by atoms with Gasteiger partial charge in [0.1, 0.15) is 18.8 Å². The number of rotatable bonds is 7. The van der Waals surface area contributed by atoms with Crippen LogP contribution < -0.4 is 5.32 Å². The molecule has 0 saturated carbocycles. The van der Waals surface area contributed by atoms with Crippen LogP contribution in [-0.2, 0) is 25.7 Å². The predicted octanol–water partition coefficient (Wildman–Crippen LogP) is 1.80.